The van der Waals surface area contributed by atoms with Crippen LogP contribution in [-0.2, 0) is 12.8 Å². The molecule has 168 valence electrons. The van der Waals surface area contributed by atoms with Crippen LogP contribution in [0, 0.1) is 5.41 Å². The summed E-state index contributed by atoms with van der Waals surface area (Å²) >= 11 is 0. The standard InChI is InChI=1S/C29H27N.C3H8/c1-2-3-4-5-18-29(30)26-20-23-13-7-6-12-22(23)19-24-14-8-10-16-27(24)28-17-11-9-15-25(28)21-26;1-3-2/h3-18,20,30H,2,19,21H2,1H3;3H2,1-2H3/b4-3-,18-5-,26-20+,30-29?;. The lowest BCUT2D eigenvalue weighted by atomic mass is 9.86. The van der Waals surface area contributed by atoms with E-state index < -0.39 is 0 Å². The average molecular weight is 434 g/mol. The first-order valence-corrected chi connectivity index (χ1v) is 12.0. The van der Waals surface area contributed by atoms with Crippen molar-refractivity contribution >= 4 is 11.8 Å². The number of rotatable bonds is 4. The van der Waals surface area contributed by atoms with E-state index in [1.807, 2.05) is 18.2 Å². The lowest BCUT2D eigenvalue weighted by molar-refractivity contribution is 1.09. The molecule has 1 heteroatoms. The van der Waals surface area contributed by atoms with E-state index in [2.05, 4.69) is 106 Å². The fourth-order valence-electron chi connectivity index (χ4n) is 4.01. The highest BCUT2D eigenvalue weighted by atomic mass is 14.4. The third kappa shape index (κ3) is 6.52. The van der Waals surface area contributed by atoms with E-state index >= 15 is 0 Å². The van der Waals surface area contributed by atoms with Crippen molar-refractivity contribution in [3.63, 3.8) is 0 Å². The largest absolute Gasteiger partial charge is 0.301 e. The number of hydrogen-bond donors (Lipinski definition) is 1. The molecule has 0 atom stereocenters. The Morgan fingerprint density at radius 1 is 0.727 bits per heavy atom. The summed E-state index contributed by atoms with van der Waals surface area (Å²) in [5.41, 5.74) is 9.25. The molecule has 0 bridgehead atoms. The van der Waals surface area contributed by atoms with Crippen LogP contribution in [0.4, 0.5) is 0 Å². The van der Waals surface area contributed by atoms with E-state index in [0.717, 1.165) is 24.8 Å². The van der Waals surface area contributed by atoms with E-state index in [-0.39, 0.29) is 0 Å². The van der Waals surface area contributed by atoms with Crippen LogP contribution in [0.1, 0.15) is 55.9 Å². The highest BCUT2D eigenvalue weighted by Crippen LogP contribution is 2.32. The summed E-state index contributed by atoms with van der Waals surface area (Å²) < 4.78 is 0. The van der Waals surface area contributed by atoms with Crippen molar-refractivity contribution in [1.82, 2.24) is 0 Å². The van der Waals surface area contributed by atoms with Gasteiger partial charge in [0.15, 0.2) is 0 Å². The minimum Gasteiger partial charge on any atom is -0.301 e. The van der Waals surface area contributed by atoms with Gasteiger partial charge >= 0.3 is 0 Å². The quantitative estimate of drug-likeness (QED) is 0.314. The Kier molecular flexibility index (Phi) is 9.20. The predicted molar refractivity (Wildman–Crippen MR) is 145 cm³/mol. The molecule has 0 radical (unpaired) electrons. The molecule has 0 saturated carbocycles. The lowest BCUT2D eigenvalue weighted by Gasteiger charge is -2.18. The number of hydrogen-bond acceptors (Lipinski definition) is 1. The molecule has 0 amide bonds. The van der Waals surface area contributed by atoms with Crippen molar-refractivity contribution < 1.29 is 0 Å². The topological polar surface area (TPSA) is 23.9 Å². The number of fused-ring (bicyclic) bond motifs is 4. The second-order valence-electron chi connectivity index (χ2n) is 8.35. The number of allylic oxidation sites excluding steroid dienone is 5. The van der Waals surface area contributed by atoms with Crippen LogP contribution in [0.5, 0.6) is 0 Å². The van der Waals surface area contributed by atoms with Gasteiger partial charge in [0.1, 0.15) is 0 Å². The summed E-state index contributed by atoms with van der Waals surface area (Å²) in [6, 6.07) is 25.9. The van der Waals surface area contributed by atoms with Crippen LogP contribution in [0.3, 0.4) is 0 Å². The highest BCUT2D eigenvalue weighted by molar-refractivity contribution is 6.09. The average Bonchev–Trinajstić information content (AvgIpc) is 2.84. The fraction of sp³-hybridized carbons (Fsp3) is 0.219. The Hall–Kier alpha value is -3.45. The Labute approximate surface area is 199 Å². The van der Waals surface area contributed by atoms with Gasteiger partial charge in [0.05, 0.1) is 5.71 Å². The summed E-state index contributed by atoms with van der Waals surface area (Å²) in [6.45, 7) is 6.37. The zero-order valence-corrected chi connectivity index (χ0v) is 20.1. The summed E-state index contributed by atoms with van der Waals surface area (Å²) in [6.07, 6.45) is 14.1. The van der Waals surface area contributed by atoms with Gasteiger partial charge in [-0.25, -0.2) is 0 Å². The van der Waals surface area contributed by atoms with Crippen LogP contribution >= 0.6 is 0 Å². The molecule has 3 aromatic rings. The molecule has 4 rings (SSSR count). The Balaban J connectivity index is 0.000000968. The predicted octanol–water partition coefficient (Wildman–Crippen LogP) is 8.84. The summed E-state index contributed by atoms with van der Waals surface area (Å²) in [5.74, 6) is 0. The molecule has 1 aliphatic carbocycles. The fourth-order valence-corrected chi connectivity index (χ4v) is 4.01. The maximum Gasteiger partial charge on any atom is 0.0575 e. The highest BCUT2D eigenvalue weighted by Gasteiger charge is 2.15. The molecule has 1 N–H and O–H groups in total. The van der Waals surface area contributed by atoms with Crippen molar-refractivity contribution in [3.8, 4) is 11.1 Å². The van der Waals surface area contributed by atoms with Crippen molar-refractivity contribution in [2.24, 2.45) is 0 Å². The van der Waals surface area contributed by atoms with Crippen LogP contribution in [0.2, 0.25) is 0 Å². The van der Waals surface area contributed by atoms with Crippen molar-refractivity contribution in [3.05, 3.63) is 125 Å². The molecular formula is C32H35N. The Bertz CT molecular complexity index is 1160. The first-order chi connectivity index (χ1) is 16.2. The van der Waals surface area contributed by atoms with Gasteiger partial charge in [-0.15, -0.1) is 0 Å². The van der Waals surface area contributed by atoms with E-state index in [4.69, 9.17) is 5.41 Å². The van der Waals surface area contributed by atoms with Crippen molar-refractivity contribution in [2.45, 2.75) is 46.5 Å². The summed E-state index contributed by atoms with van der Waals surface area (Å²) in [4.78, 5) is 0. The lowest BCUT2D eigenvalue weighted by Crippen LogP contribution is -2.06. The molecule has 0 spiro atoms. The maximum absolute atomic E-state index is 8.75. The van der Waals surface area contributed by atoms with Gasteiger partial charge in [-0.05, 0) is 63.9 Å². The van der Waals surface area contributed by atoms with E-state index in [1.165, 1.54) is 39.8 Å². The maximum atomic E-state index is 8.75. The molecular weight excluding hydrogens is 398 g/mol. The monoisotopic (exact) mass is 433 g/mol. The molecule has 1 aliphatic rings. The Morgan fingerprint density at radius 3 is 1.91 bits per heavy atom. The molecule has 0 fully saturated rings. The van der Waals surface area contributed by atoms with Crippen LogP contribution in [0.15, 0.2) is 103 Å². The molecule has 0 saturated heterocycles. The number of nitrogens with one attached hydrogen (secondary N) is 1. The molecule has 33 heavy (non-hydrogen) atoms. The summed E-state index contributed by atoms with van der Waals surface area (Å²) in [5, 5.41) is 8.75. The van der Waals surface area contributed by atoms with E-state index in [1.54, 1.807) is 0 Å². The zero-order valence-electron chi connectivity index (χ0n) is 20.1. The third-order valence-electron chi connectivity index (χ3n) is 5.56. The van der Waals surface area contributed by atoms with Gasteiger partial charge in [0.25, 0.3) is 0 Å². The smallest absolute Gasteiger partial charge is 0.0575 e. The first-order valence-electron chi connectivity index (χ1n) is 12.0. The second kappa shape index (κ2) is 12.6. The van der Waals surface area contributed by atoms with Gasteiger partial charge in [0.2, 0.25) is 0 Å². The van der Waals surface area contributed by atoms with Crippen LogP contribution in [0.25, 0.3) is 17.2 Å². The van der Waals surface area contributed by atoms with E-state index in [9.17, 15) is 0 Å². The molecule has 0 heterocycles. The van der Waals surface area contributed by atoms with Crippen LogP contribution in [-0.4, -0.2) is 5.71 Å². The Morgan fingerprint density at radius 2 is 1.27 bits per heavy atom. The zero-order chi connectivity index (χ0) is 23.5. The van der Waals surface area contributed by atoms with Crippen molar-refractivity contribution in [2.75, 3.05) is 0 Å². The van der Waals surface area contributed by atoms with Crippen molar-refractivity contribution in [1.29, 1.82) is 5.41 Å². The van der Waals surface area contributed by atoms with Gasteiger partial charge in [0, 0.05) is 6.42 Å². The summed E-state index contributed by atoms with van der Waals surface area (Å²) in [7, 11) is 0. The van der Waals surface area contributed by atoms with Gasteiger partial charge in [-0.3, -0.25) is 0 Å². The van der Waals surface area contributed by atoms with Crippen LogP contribution < -0.4 is 0 Å². The molecule has 0 unspecified atom stereocenters. The molecule has 0 aliphatic heterocycles. The third-order valence-corrected chi connectivity index (χ3v) is 5.56. The minimum atomic E-state index is 0.564. The number of benzene rings is 3. The molecule has 0 aromatic heterocycles. The van der Waals surface area contributed by atoms with E-state index in [0.29, 0.717) is 5.71 Å². The second-order valence-corrected chi connectivity index (χ2v) is 8.35. The van der Waals surface area contributed by atoms with Gasteiger partial charge < -0.3 is 5.41 Å². The van der Waals surface area contributed by atoms with Gasteiger partial charge in [-0.1, -0.05) is 118 Å². The SMILES string of the molecule is CC/C=C\C=C/C(=N)/C1=C/c2ccccc2Cc2ccccc2-c2ccccc2C1.CCC. The minimum absolute atomic E-state index is 0.564. The molecule has 1 nitrogen and oxygen atoms in total. The molecule has 3 aromatic carbocycles. The normalized spacial score (nSPS) is 14.3. The van der Waals surface area contributed by atoms with Gasteiger partial charge in [-0.2, -0.15) is 0 Å². The first kappa shape index (κ1) is 24.2.